The summed E-state index contributed by atoms with van der Waals surface area (Å²) in [6.07, 6.45) is 1.66. The lowest BCUT2D eigenvalue weighted by atomic mass is 10.3. The number of hydrogen-bond donors (Lipinski definition) is 2. The molecule has 0 radical (unpaired) electrons. The average molecular weight is 375 g/mol. The molecule has 2 aromatic heterocycles. The van der Waals surface area contributed by atoms with Gasteiger partial charge in [-0.3, -0.25) is 14.3 Å². The van der Waals surface area contributed by atoms with Crippen LogP contribution in [0.5, 0.6) is 0 Å². The molecule has 3 rings (SSSR count). The van der Waals surface area contributed by atoms with Crippen molar-refractivity contribution in [3.05, 3.63) is 68.8 Å². The maximum absolute atomic E-state index is 12.7. The summed E-state index contributed by atoms with van der Waals surface area (Å²) in [5, 5.41) is 2.69. The number of carbonyl (C=O) groups excluding carboxylic acids is 1. The summed E-state index contributed by atoms with van der Waals surface area (Å²) in [4.78, 5) is 27.8. The maximum atomic E-state index is 12.7. The number of aromatic nitrogens is 3. The van der Waals surface area contributed by atoms with Crippen LogP contribution in [0.1, 0.15) is 16.2 Å². The van der Waals surface area contributed by atoms with Gasteiger partial charge in [0.15, 0.2) is 0 Å². The summed E-state index contributed by atoms with van der Waals surface area (Å²) in [6.45, 7) is 1.79. The van der Waals surface area contributed by atoms with Crippen molar-refractivity contribution in [3.8, 4) is 5.69 Å². The summed E-state index contributed by atoms with van der Waals surface area (Å²) in [7, 11) is 1.78. The van der Waals surface area contributed by atoms with E-state index in [2.05, 4.69) is 26.2 Å². The van der Waals surface area contributed by atoms with Crippen molar-refractivity contribution in [2.75, 3.05) is 5.32 Å². The molecular weight excluding hydrogens is 360 g/mol. The van der Waals surface area contributed by atoms with Gasteiger partial charge < -0.3 is 10.3 Å². The number of rotatable bonds is 3. The highest BCUT2D eigenvalue weighted by Crippen LogP contribution is 2.16. The van der Waals surface area contributed by atoms with Crippen molar-refractivity contribution >= 4 is 27.5 Å². The Bertz CT molecular complexity index is 921. The Labute approximate surface area is 140 Å². The molecule has 0 atom stereocenters. The van der Waals surface area contributed by atoms with E-state index in [1.54, 1.807) is 30.9 Å². The van der Waals surface area contributed by atoms with E-state index in [-0.39, 0.29) is 17.2 Å². The first-order valence-electron chi connectivity index (χ1n) is 6.98. The van der Waals surface area contributed by atoms with Crippen LogP contribution in [-0.2, 0) is 7.05 Å². The lowest BCUT2D eigenvalue weighted by Crippen LogP contribution is -2.23. The monoisotopic (exact) mass is 374 g/mol. The van der Waals surface area contributed by atoms with Gasteiger partial charge in [0.25, 0.3) is 11.5 Å². The van der Waals surface area contributed by atoms with Crippen LogP contribution in [0.2, 0.25) is 0 Å². The van der Waals surface area contributed by atoms with Gasteiger partial charge in [-0.2, -0.15) is 0 Å². The molecule has 0 fully saturated rings. The Morgan fingerprint density at radius 3 is 2.57 bits per heavy atom. The molecule has 0 aliphatic heterocycles. The van der Waals surface area contributed by atoms with Crippen LogP contribution in [0, 0.1) is 6.92 Å². The lowest BCUT2D eigenvalue weighted by molar-refractivity contribution is 0.102. The molecule has 2 heterocycles. The van der Waals surface area contributed by atoms with Gasteiger partial charge in [0.1, 0.15) is 11.4 Å². The highest BCUT2D eigenvalue weighted by molar-refractivity contribution is 9.10. The van der Waals surface area contributed by atoms with Gasteiger partial charge in [-0.15, -0.1) is 0 Å². The molecule has 0 saturated heterocycles. The minimum absolute atomic E-state index is 0.268. The normalized spacial score (nSPS) is 10.7. The SMILES string of the molecule is Cc1c(NC(=O)c2cc(Br)c[nH]2)c(=O)n(-c2ccccc2)n1C. The predicted octanol–water partition coefficient (Wildman–Crippen LogP) is 2.83. The molecule has 0 aliphatic rings. The van der Waals surface area contributed by atoms with Gasteiger partial charge in [-0.05, 0) is 41.1 Å². The predicted molar refractivity (Wildman–Crippen MR) is 92.2 cm³/mol. The number of H-pyrrole nitrogens is 1. The molecule has 0 unspecified atom stereocenters. The third-order valence-corrected chi connectivity index (χ3v) is 4.14. The number of aromatic amines is 1. The highest BCUT2D eigenvalue weighted by atomic mass is 79.9. The first-order chi connectivity index (χ1) is 11.0. The smallest absolute Gasteiger partial charge is 0.295 e. The fourth-order valence-electron chi connectivity index (χ4n) is 2.39. The molecule has 23 heavy (non-hydrogen) atoms. The number of halogens is 1. The molecule has 6 nitrogen and oxygen atoms in total. The number of carbonyl (C=O) groups is 1. The standard InChI is InChI=1S/C16H15BrN4O2/c1-10-14(19-15(22)13-8-11(17)9-18-13)16(23)21(20(10)2)12-6-4-3-5-7-12/h3-9,18H,1-2H3,(H,19,22). The second kappa shape index (κ2) is 5.92. The van der Waals surface area contributed by atoms with Gasteiger partial charge >= 0.3 is 0 Å². The molecule has 118 valence electrons. The van der Waals surface area contributed by atoms with E-state index in [4.69, 9.17) is 0 Å². The zero-order chi connectivity index (χ0) is 16.6. The number of benzene rings is 1. The fourth-order valence-corrected chi connectivity index (χ4v) is 2.74. The van der Waals surface area contributed by atoms with Crippen LogP contribution < -0.4 is 10.9 Å². The van der Waals surface area contributed by atoms with E-state index < -0.39 is 0 Å². The first kappa shape index (κ1) is 15.4. The molecule has 0 bridgehead atoms. The molecule has 2 N–H and O–H groups in total. The summed E-state index contributed by atoms with van der Waals surface area (Å²) in [5.74, 6) is -0.360. The Balaban J connectivity index is 2.01. The van der Waals surface area contributed by atoms with Crippen molar-refractivity contribution in [1.82, 2.24) is 14.3 Å². The number of nitrogens with zero attached hydrogens (tertiary/aromatic N) is 2. The minimum Gasteiger partial charge on any atom is -0.356 e. The van der Waals surface area contributed by atoms with Crippen LogP contribution in [0.4, 0.5) is 5.69 Å². The molecule has 0 aliphatic carbocycles. The molecule has 0 saturated carbocycles. The van der Waals surface area contributed by atoms with Gasteiger partial charge in [0.2, 0.25) is 0 Å². The van der Waals surface area contributed by atoms with E-state index >= 15 is 0 Å². The van der Waals surface area contributed by atoms with Crippen LogP contribution in [0.15, 0.2) is 51.9 Å². The zero-order valence-corrected chi connectivity index (χ0v) is 14.2. The van der Waals surface area contributed by atoms with Crippen LogP contribution in [-0.4, -0.2) is 20.3 Å². The summed E-state index contributed by atoms with van der Waals surface area (Å²) >= 11 is 3.28. The Kier molecular flexibility index (Phi) is 3.96. The van der Waals surface area contributed by atoms with Crippen molar-refractivity contribution in [3.63, 3.8) is 0 Å². The van der Waals surface area contributed by atoms with E-state index in [9.17, 15) is 9.59 Å². The largest absolute Gasteiger partial charge is 0.356 e. The summed E-state index contributed by atoms with van der Waals surface area (Å²) in [5.41, 5.74) is 1.80. The van der Waals surface area contributed by atoms with Crippen molar-refractivity contribution in [2.45, 2.75) is 6.92 Å². The van der Waals surface area contributed by atoms with E-state index in [0.29, 0.717) is 11.4 Å². The minimum atomic E-state index is -0.360. The Hall–Kier alpha value is -2.54. The zero-order valence-electron chi connectivity index (χ0n) is 12.6. The number of nitrogens with one attached hydrogen (secondary N) is 2. The van der Waals surface area contributed by atoms with Crippen molar-refractivity contribution in [2.24, 2.45) is 7.05 Å². The fraction of sp³-hybridized carbons (Fsp3) is 0.125. The number of para-hydroxylation sites is 1. The topological polar surface area (TPSA) is 71.8 Å². The Morgan fingerprint density at radius 1 is 1.26 bits per heavy atom. The molecular formula is C16H15BrN4O2. The average Bonchev–Trinajstić information content (AvgIpc) is 3.06. The molecule has 3 aromatic rings. The highest BCUT2D eigenvalue weighted by Gasteiger charge is 2.19. The van der Waals surface area contributed by atoms with Crippen LogP contribution >= 0.6 is 15.9 Å². The van der Waals surface area contributed by atoms with Crippen LogP contribution in [0.25, 0.3) is 5.69 Å². The lowest BCUT2D eigenvalue weighted by Gasteiger charge is -2.07. The maximum Gasteiger partial charge on any atom is 0.295 e. The number of hydrogen-bond acceptors (Lipinski definition) is 2. The van der Waals surface area contributed by atoms with Gasteiger partial charge in [-0.25, -0.2) is 4.68 Å². The number of amides is 1. The van der Waals surface area contributed by atoms with Crippen molar-refractivity contribution < 1.29 is 4.79 Å². The van der Waals surface area contributed by atoms with Gasteiger partial charge in [-0.1, -0.05) is 18.2 Å². The Morgan fingerprint density at radius 2 is 1.96 bits per heavy atom. The molecule has 0 spiro atoms. The first-order valence-corrected chi connectivity index (χ1v) is 7.77. The molecule has 1 aromatic carbocycles. The molecule has 7 heteroatoms. The third-order valence-electron chi connectivity index (χ3n) is 3.69. The third kappa shape index (κ3) is 2.75. The van der Waals surface area contributed by atoms with E-state index in [0.717, 1.165) is 10.2 Å². The van der Waals surface area contributed by atoms with E-state index in [1.165, 1.54) is 4.68 Å². The van der Waals surface area contributed by atoms with Gasteiger partial charge in [0, 0.05) is 17.7 Å². The summed E-state index contributed by atoms with van der Waals surface area (Å²) < 4.78 is 4.02. The quantitative estimate of drug-likeness (QED) is 0.739. The second-order valence-electron chi connectivity index (χ2n) is 5.12. The van der Waals surface area contributed by atoms with Gasteiger partial charge in [0.05, 0.1) is 11.4 Å². The summed E-state index contributed by atoms with van der Waals surface area (Å²) in [6, 6.07) is 10.9. The second-order valence-corrected chi connectivity index (χ2v) is 6.04. The molecule has 1 amide bonds. The van der Waals surface area contributed by atoms with Crippen LogP contribution in [0.3, 0.4) is 0 Å². The number of anilines is 1. The van der Waals surface area contributed by atoms with E-state index in [1.807, 2.05) is 30.3 Å². The van der Waals surface area contributed by atoms with Crippen molar-refractivity contribution in [1.29, 1.82) is 0 Å².